The molecule has 5 heteroatoms. The number of halogens is 1. The molecule has 2 rings (SSSR count). The summed E-state index contributed by atoms with van der Waals surface area (Å²) in [5.41, 5.74) is 0.970. The molecule has 1 N–H and O–H groups in total. The number of aliphatic hydroxyl groups excluding tert-OH is 1. The van der Waals surface area contributed by atoms with Crippen molar-refractivity contribution in [2.24, 2.45) is 0 Å². The monoisotopic (exact) mass is 316 g/mol. The third-order valence-corrected chi connectivity index (χ3v) is 5.45. The van der Waals surface area contributed by atoms with Crippen molar-refractivity contribution in [3.05, 3.63) is 16.1 Å². The summed E-state index contributed by atoms with van der Waals surface area (Å²) in [6.45, 7) is 3.18. The summed E-state index contributed by atoms with van der Waals surface area (Å²) < 4.78 is 0. The van der Waals surface area contributed by atoms with Crippen LogP contribution in [0.25, 0.3) is 0 Å². The average Bonchev–Trinajstić information content (AvgIpc) is 2.97. The van der Waals surface area contributed by atoms with Gasteiger partial charge >= 0.3 is 0 Å². The third kappa shape index (κ3) is 3.94. The van der Waals surface area contributed by atoms with Gasteiger partial charge in [-0.05, 0) is 19.3 Å². The van der Waals surface area contributed by atoms with Gasteiger partial charge in [-0.2, -0.15) is 0 Å². The molecule has 0 bridgehead atoms. The van der Waals surface area contributed by atoms with Crippen molar-refractivity contribution < 1.29 is 5.11 Å². The Kier molecular flexibility index (Phi) is 6.75. The summed E-state index contributed by atoms with van der Waals surface area (Å²) in [7, 11) is 0. The van der Waals surface area contributed by atoms with Crippen molar-refractivity contribution in [1.29, 1.82) is 0 Å². The lowest BCUT2D eigenvalue weighted by Gasteiger charge is -2.38. The van der Waals surface area contributed by atoms with E-state index in [4.69, 9.17) is 11.6 Å². The molecule has 3 nitrogen and oxygen atoms in total. The van der Waals surface area contributed by atoms with E-state index in [-0.39, 0.29) is 6.61 Å². The Labute approximate surface area is 131 Å². The second kappa shape index (κ2) is 8.32. The first-order valence-corrected chi connectivity index (χ1v) is 9.08. The van der Waals surface area contributed by atoms with Crippen molar-refractivity contribution in [2.75, 3.05) is 13.2 Å². The van der Waals surface area contributed by atoms with Gasteiger partial charge in [0.15, 0.2) is 0 Å². The molecule has 20 heavy (non-hydrogen) atoms. The van der Waals surface area contributed by atoms with Gasteiger partial charge in [0.1, 0.15) is 5.01 Å². The maximum Gasteiger partial charge on any atom is 0.110 e. The fraction of sp³-hybridized carbons (Fsp3) is 0.800. The van der Waals surface area contributed by atoms with Crippen LogP contribution in [0.2, 0.25) is 0 Å². The Hall–Kier alpha value is -0.160. The zero-order valence-electron chi connectivity index (χ0n) is 12.2. The summed E-state index contributed by atoms with van der Waals surface area (Å²) in [5.74, 6) is 0.483. The molecule has 1 heterocycles. The van der Waals surface area contributed by atoms with Crippen LogP contribution in [0.4, 0.5) is 0 Å². The lowest BCUT2D eigenvalue weighted by molar-refractivity contribution is 0.0774. The smallest absolute Gasteiger partial charge is 0.110 e. The van der Waals surface area contributed by atoms with Crippen molar-refractivity contribution in [1.82, 2.24) is 9.88 Å². The van der Waals surface area contributed by atoms with Gasteiger partial charge in [0.2, 0.25) is 0 Å². The number of rotatable bonds is 7. The minimum absolute atomic E-state index is 0.223. The molecule has 0 saturated heterocycles. The van der Waals surface area contributed by atoms with E-state index >= 15 is 0 Å². The van der Waals surface area contributed by atoms with Crippen molar-refractivity contribution >= 4 is 22.9 Å². The van der Waals surface area contributed by atoms with E-state index < -0.39 is 0 Å². The number of aromatic nitrogens is 1. The highest BCUT2D eigenvalue weighted by molar-refractivity contribution is 7.09. The van der Waals surface area contributed by atoms with E-state index in [0.717, 1.165) is 23.7 Å². The van der Waals surface area contributed by atoms with Crippen LogP contribution in [-0.4, -0.2) is 34.2 Å². The molecule has 0 amide bonds. The first kappa shape index (κ1) is 16.2. The molecular weight excluding hydrogens is 292 g/mol. The van der Waals surface area contributed by atoms with E-state index in [1.807, 2.05) is 0 Å². The molecular formula is C15H25ClN2OS. The van der Waals surface area contributed by atoms with E-state index in [2.05, 4.69) is 22.2 Å². The Morgan fingerprint density at radius 3 is 2.75 bits per heavy atom. The van der Waals surface area contributed by atoms with Gasteiger partial charge in [0.05, 0.1) is 24.2 Å². The third-order valence-electron chi connectivity index (χ3n) is 4.18. The second-order valence-electron chi connectivity index (χ2n) is 5.49. The largest absolute Gasteiger partial charge is 0.395 e. The number of hydrogen-bond donors (Lipinski definition) is 1. The van der Waals surface area contributed by atoms with Crippen molar-refractivity contribution in [3.8, 4) is 0 Å². The van der Waals surface area contributed by atoms with Crippen LogP contribution in [-0.2, 0) is 5.88 Å². The van der Waals surface area contributed by atoms with E-state index in [1.54, 1.807) is 11.3 Å². The summed E-state index contributed by atoms with van der Waals surface area (Å²) in [5, 5.41) is 12.6. The van der Waals surface area contributed by atoms with E-state index in [9.17, 15) is 5.11 Å². The lowest BCUT2D eigenvalue weighted by atomic mass is 9.93. The van der Waals surface area contributed by atoms with Crippen molar-refractivity contribution in [2.45, 2.75) is 63.4 Å². The quantitative estimate of drug-likeness (QED) is 0.773. The van der Waals surface area contributed by atoms with E-state index in [0.29, 0.717) is 18.0 Å². The number of aliphatic hydroxyl groups is 1. The molecule has 1 aliphatic carbocycles. The second-order valence-corrected chi connectivity index (χ2v) is 6.64. The van der Waals surface area contributed by atoms with Crippen LogP contribution < -0.4 is 0 Å². The molecule has 1 unspecified atom stereocenters. The molecule has 1 atom stereocenters. The predicted molar refractivity (Wildman–Crippen MR) is 85.4 cm³/mol. The standard InChI is InChI=1S/C15H25ClN2OS/c1-2-14(15-17-12(10-16)11-20-15)18(8-9-19)13-6-4-3-5-7-13/h11,13-14,19H,2-10H2,1H3. The van der Waals surface area contributed by atoms with Crippen LogP contribution in [0, 0.1) is 0 Å². The van der Waals surface area contributed by atoms with Crippen LogP contribution >= 0.6 is 22.9 Å². The van der Waals surface area contributed by atoms with Gasteiger partial charge in [-0.15, -0.1) is 22.9 Å². The molecule has 1 saturated carbocycles. The topological polar surface area (TPSA) is 36.4 Å². The van der Waals surface area contributed by atoms with Crippen LogP contribution in [0.5, 0.6) is 0 Å². The number of alkyl halides is 1. The molecule has 0 radical (unpaired) electrons. The highest BCUT2D eigenvalue weighted by Crippen LogP contribution is 2.33. The normalized spacial score (nSPS) is 18.6. The Bertz CT molecular complexity index is 393. The Balaban J connectivity index is 2.14. The first-order valence-electron chi connectivity index (χ1n) is 7.67. The number of hydrogen-bond acceptors (Lipinski definition) is 4. The SMILES string of the molecule is CCC(c1nc(CCl)cs1)N(CCO)C1CCCCC1. The molecule has 0 aliphatic heterocycles. The molecule has 1 fully saturated rings. The van der Waals surface area contributed by atoms with Crippen LogP contribution in [0.1, 0.15) is 62.2 Å². The predicted octanol–water partition coefficient (Wildman–Crippen LogP) is 3.96. The zero-order chi connectivity index (χ0) is 14.4. The molecule has 1 aliphatic rings. The molecule has 0 spiro atoms. The van der Waals surface area contributed by atoms with Crippen molar-refractivity contribution in [3.63, 3.8) is 0 Å². The highest BCUT2D eigenvalue weighted by atomic mass is 35.5. The Morgan fingerprint density at radius 2 is 2.20 bits per heavy atom. The maximum atomic E-state index is 9.43. The maximum absolute atomic E-state index is 9.43. The fourth-order valence-corrected chi connectivity index (χ4v) is 4.46. The number of thiazole rings is 1. The van der Waals surface area contributed by atoms with Gasteiger partial charge in [-0.3, -0.25) is 4.90 Å². The van der Waals surface area contributed by atoms with Gasteiger partial charge in [-0.25, -0.2) is 4.98 Å². The van der Waals surface area contributed by atoms with Gasteiger partial charge in [0.25, 0.3) is 0 Å². The molecule has 0 aromatic carbocycles. The molecule has 1 aromatic rings. The highest BCUT2D eigenvalue weighted by Gasteiger charge is 2.29. The fourth-order valence-electron chi connectivity index (χ4n) is 3.21. The Morgan fingerprint density at radius 1 is 1.45 bits per heavy atom. The van der Waals surface area contributed by atoms with Gasteiger partial charge in [-0.1, -0.05) is 26.2 Å². The first-order chi connectivity index (χ1) is 9.80. The van der Waals surface area contributed by atoms with E-state index in [1.165, 1.54) is 32.1 Å². The summed E-state index contributed by atoms with van der Waals surface area (Å²) in [6.07, 6.45) is 7.52. The lowest BCUT2D eigenvalue weighted by Crippen LogP contribution is -2.41. The molecule has 1 aromatic heterocycles. The minimum atomic E-state index is 0.223. The summed E-state index contributed by atoms with van der Waals surface area (Å²) in [4.78, 5) is 7.14. The van der Waals surface area contributed by atoms with Crippen LogP contribution in [0.3, 0.4) is 0 Å². The van der Waals surface area contributed by atoms with Crippen LogP contribution in [0.15, 0.2) is 5.38 Å². The summed E-state index contributed by atoms with van der Waals surface area (Å²) >= 11 is 7.57. The molecule has 114 valence electrons. The van der Waals surface area contributed by atoms with Gasteiger partial charge < -0.3 is 5.11 Å². The average molecular weight is 317 g/mol. The number of nitrogens with zero attached hydrogens (tertiary/aromatic N) is 2. The van der Waals surface area contributed by atoms with Gasteiger partial charge in [0, 0.05) is 18.0 Å². The zero-order valence-corrected chi connectivity index (χ0v) is 13.8. The minimum Gasteiger partial charge on any atom is -0.395 e. The summed E-state index contributed by atoms with van der Waals surface area (Å²) in [6, 6.07) is 0.927.